The number of anilines is 1. The molecule has 1 saturated heterocycles. The summed E-state index contributed by atoms with van der Waals surface area (Å²) in [5.41, 5.74) is 3.12. The number of carbonyl (C=O) groups is 2. The van der Waals surface area contributed by atoms with E-state index in [4.69, 9.17) is 17.3 Å². The van der Waals surface area contributed by atoms with Gasteiger partial charge in [0.25, 0.3) is 5.91 Å². The summed E-state index contributed by atoms with van der Waals surface area (Å²) in [7, 11) is 0. The molecule has 0 spiro atoms. The molecule has 3 N–H and O–H groups in total. The summed E-state index contributed by atoms with van der Waals surface area (Å²) in [6, 6.07) is 2.68. The summed E-state index contributed by atoms with van der Waals surface area (Å²) in [6.07, 6.45) is -2.62. The maximum absolute atomic E-state index is 13.2. The molecular formula is C17H16ClF3N4O2S. The van der Waals surface area contributed by atoms with Gasteiger partial charge in [0, 0.05) is 24.5 Å². The van der Waals surface area contributed by atoms with Crippen molar-refractivity contribution in [3.05, 3.63) is 45.9 Å². The van der Waals surface area contributed by atoms with Crippen LogP contribution in [0, 0.1) is 0 Å². The average molecular weight is 433 g/mol. The SMILES string of the molecule is NC(=O)N1CCCC1(Cc1cccc(C(F)(F)F)c1Cl)C(=O)Nc1nccs1. The molecule has 0 aliphatic carbocycles. The van der Waals surface area contributed by atoms with Crippen molar-refractivity contribution in [1.29, 1.82) is 0 Å². The smallest absolute Gasteiger partial charge is 0.351 e. The number of thiazole rings is 1. The first kappa shape index (κ1) is 20.4. The predicted octanol–water partition coefficient (Wildman–Crippen LogP) is 3.91. The van der Waals surface area contributed by atoms with Crippen LogP contribution in [-0.2, 0) is 17.4 Å². The van der Waals surface area contributed by atoms with E-state index in [1.165, 1.54) is 34.6 Å². The highest BCUT2D eigenvalue weighted by Gasteiger charge is 2.50. The van der Waals surface area contributed by atoms with E-state index in [0.29, 0.717) is 11.6 Å². The lowest BCUT2D eigenvalue weighted by Crippen LogP contribution is -2.58. The molecule has 0 saturated carbocycles. The Hall–Kier alpha value is -2.33. The number of hydrogen-bond donors (Lipinski definition) is 2. The topological polar surface area (TPSA) is 88.3 Å². The van der Waals surface area contributed by atoms with Crippen LogP contribution in [0.15, 0.2) is 29.8 Å². The van der Waals surface area contributed by atoms with Crippen LogP contribution >= 0.6 is 22.9 Å². The fourth-order valence-electron chi connectivity index (χ4n) is 3.45. The molecule has 150 valence electrons. The highest BCUT2D eigenvalue weighted by molar-refractivity contribution is 7.13. The van der Waals surface area contributed by atoms with Gasteiger partial charge in [0.05, 0.1) is 10.6 Å². The van der Waals surface area contributed by atoms with Crippen molar-refractivity contribution in [2.24, 2.45) is 5.73 Å². The zero-order valence-corrected chi connectivity index (χ0v) is 16.0. The number of benzene rings is 1. The molecule has 1 atom stereocenters. The Bertz CT molecular complexity index is 891. The lowest BCUT2D eigenvalue weighted by Gasteiger charge is -2.36. The highest BCUT2D eigenvalue weighted by Crippen LogP contribution is 2.40. The molecule has 28 heavy (non-hydrogen) atoms. The maximum atomic E-state index is 13.2. The molecule has 0 radical (unpaired) electrons. The number of primary amides is 1. The first-order valence-electron chi connectivity index (χ1n) is 8.28. The van der Waals surface area contributed by atoms with Gasteiger partial charge in [-0.15, -0.1) is 11.3 Å². The maximum Gasteiger partial charge on any atom is 0.417 e. The Labute approximate surface area is 167 Å². The number of aromatic nitrogens is 1. The molecule has 1 aromatic carbocycles. The molecule has 0 bridgehead atoms. The lowest BCUT2D eigenvalue weighted by atomic mass is 9.86. The fourth-order valence-corrected chi connectivity index (χ4v) is 4.27. The molecule has 1 fully saturated rings. The second-order valence-corrected chi connectivity index (χ2v) is 7.64. The van der Waals surface area contributed by atoms with Gasteiger partial charge in [0.2, 0.25) is 0 Å². The fraction of sp³-hybridized carbons (Fsp3) is 0.353. The molecule has 2 aromatic rings. The van der Waals surface area contributed by atoms with Crippen LogP contribution in [-0.4, -0.2) is 33.9 Å². The minimum Gasteiger partial charge on any atom is -0.351 e. The van der Waals surface area contributed by atoms with E-state index in [-0.39, 0.29) is 24.9 Å². The number of halogens is 4. The van der Waals surface area contributed by atoms with Crippen molar-refractivity contribution < 1.29 is 22.8 Å². The van der Waals surface area contributed by atoms with Crippen LogP contribution in [0.2, 0.25) is 5.02 Å². The largest absolute Gasteiger partial charge is 0.417 e. The van der Waals surface area contributed by atoms with Gasteiger partial charge >= 0.3 is 12.2 Å². The summed E-state index contributed by atoms with van der Waals surface area (Å²) in [4.78, 5) is 30.2. The van der Waals surface area contributed by atoms with Gasteiger partial charge < -0.3 is 10.6 Å². The van der Waals surface area contributed by atoms with E-state index < -0.39 is 34.2 Å². The van der Waals surface area contributed by atoms with Crippen molar-refractivity contribution in [2.45, 2.75) is 31.0 Å². The number of urea groups is 1. The number of amides is 3. The Morgan fingerprint density at radius 2 is 2.14 bits per heavy atom. The molecule has 1 aromatic heterocycles. The van der Waals surface area contributed by atoms with Gasteiger partial charge in [-0.1, -0.05) is 23.7 Å². The van der Waals surface area contributed by atoms with Gasteiger partial charge in [0.1, 0.15) is 5.54 Å². The van der Waals surface area contributed by atoms with E-state index in [1.54, 1.807) is 5.38 Å². The Morgan fingerprint density at radius 1 is 1.39 bits per heavy atom. The number of alkyl halides is 3. The van der Waals surface area contributed by atoms with E-state index >= 15 is 0 Å². The van der Waals surface area contributed by atoms with Gasteiger partial charge in [-0.3, -0.25) is 10.1 Å². The number of nitrogens with one attached hydrogen (secondary N) is 1. The molecule has 3 rings (SSSR count). The number of hydrogen-bond acceptors (Lipinski definition) is 4. The second kappa shape index (κ2) is 7.59. The zero-order valence-electron chi connectivity index (χ0n) is 14.4. The summed E-state index contributed by atoms with van der Waals surface area (Å²) in [6.45, 7) is 0.219. The second-order valence-electron chi connectivity index (χ2n) is 6.37. The summed E-state index contributed by atoms with van der Waals surface area (Å²) >= 11 is 7.19. The van der Waals surface area contributed by atoms with Crippen LogP contribution in [0.1, 0.15) is 24.0 Å². The Balaban J connectivity index is 2.02. The lowest BCUT2D eigenvalue weighted by molar-refractivity contribution is -0.137. The van der Waals surface area contributed by atoms with Gasteiger partial charge in [-0.2, -0.15) is 13.2 Å². The number of nitrogens with zero attached hydrogens (tertiary/aromatic N) is 2. The minimum atomic E-state index is -4.64. The van der Waals surface area contributed by atoms with Gasteiger partial charge in [0.15, 0.2) is 5.13 Å². The van der Waals surface area contributed by atoms with E-state index in [2.05, 4.69) is 10.3 Å². The van der Waals surface area contributed by atoms with Gasteiger partial charge in [-0.25, -0.2) is 9.78 Å². The third-order valence-corrected chi connectivity index (χ3v) is 5.83. The zero-order chi connectivity index (χ0) is 20.5. The van der Waals surface area contributed by atoms with Crippen molar-refractivity contribution in [1.82, 2.24) is 9.88 Å². The Kier molecular flexibility index (Phi) is 5.53. The molecule has 1 aliphatic rings. The van der Waals surface area contributed by atoms with E-state index in [0.717, 1.165) is 6.07 Å². The number of likely N-dealkylation sites (tertiary alicyclic amines) is 1. The van der Waals surface area contributed by atoms with E-state index in [1.807, 2.05) is 0 Å². The quantitative estimate of drug-likeness (QED) is 0.767. The van der Waals surface area contributed by atoms with Gasteiger partial charge in [-0.05, 0) is 24.5 Å². The molecule has 11 heteroatoms. The predicted molar refractivity (Wildman–Crippen MR) is 99.2 cm³/mol. The third kappa shape index (κ3) is 3.79. The summed E-state index contributed by atoms with van der Waals surface area (Å²) in [5.74, 6) is -0.563. The minimum absolute atomic E-state index is 0.110. The molecule has 6 nitrogen and oxygen atoms in total. The van der Waals surface area contributed by atoms with E-state index in [9.17, 15) is 22.8 Å². The number of nitrogens with two attached hydrogens (primary N) is 1. The summed E-state index contributed by atoms with van der Waals surface area (Å²) < 4.78 is 39.6. The number of carbonyl (C=O) groups excluding carboxylic acids is 2. The van der Waals surface area contributed by atoms with Crippen LogP contribution in [0.5, 0.6) is 0 Å². The number of rotatable bonds is 4. The van der Waals surface area contributed by atoms with Crippen LogP contribution in [0.3, 0.4) is 0 Å². The Morgan fingerprint density at radius 3 is 2.75 bits per heavy atom. The van der Waals surface area contributed by atoms with Crippen LogP contribution < -0.4 is 11.1 Å². The van der Waals surface area contributed by atoms with Crippen molar-refractivity contribution in [3.8, 4) is 0 Å². The highest BCUT2D eigenvalue weighted by atomic mass is 35.5. The van der Waals surface area contributed by atoms with Crippen LogP contribution in [0.4, 0.5) is 23.1 Å². The molecule has 1 unspecified atom stereocenters. The molecular weight excluding hydrogens is 417 g/mol. The van der Waals surface area contributed by atoms with Crippen LogP contribution in [0.25, 0.3) is 0 Å². The normalized spacial score (nSPS) is 19.6. The first-order valence-corrected chi connectivity index (χ1v) is 9.53. The van der Waals surface area contributed by atoms with Crippen molar-refractivity contribution in [2.75, 3.05) is 11.9 Å². The third-order valence-electron chi connectivity index (χ3n) is 4.70. The summed E-state index contributed by atoms with van der Waals surface area (Å²) in [5, 5.41) is 4.11. The molecule has 3 amide bonds. The first-order chi connectivity index (χ1) is 13.1. The van der Waals surface area contributed by atoms with Crippen molar-refractivity contribution in [3.63, 3.8) is 0 Å². The van der Waals surface area contributed by atoms with Crippen molar-refractivity contribution >= 4 is 40.0 Å². The average Bonchev–Trinajstić information content (AvgIpc) is 3.26. The molecule has 1 aliphatic heterocycles. The monoisotopic (exact) mass is 432 g/mol. The molecule has 2 heterocycles. The standard InChI is InChI=1S/C17H16ClF3N4O2S/c18-12-10(3-1-4-11(12)17(19,20)21)9-16(5-2-7-25(16)14(22)27)13(26)24-15-23-6-8-28-15/h1,3-4,6,8H,2,5,7,9H2,(H2,22,27)(H,23,24,26).